The molecule has 5 nitrogen and oxygen atoms in total. The second-order valence-electron chi connectivity index (χ2n) is 1.73. The van der Waals surface area contributed by atoms with E-state index in [9.17, 15) is 0 Å². The molecule has 0 aromatic carbocycles. The molecule has 62 valence electrons. The third-order valence-corrected chi connectivity index (χ3v) is 1.73. The Labute approximate surface area is 77.8 Å². The Morgan fingerprint density at radius 3 is 3.00 bits per heavy atom. The lowest BCUT2D eigenvalue weighted by Crippen LogP contribution is -1.84. The van der Waals surface area contributed by atoms with Gasteiger partial charge in [-0.3, -0.25) is 0 Å². The number of thioether (sulfide) groups is 1. The molecule has 7 heteroatoms. The van der Waals surface area contributed by atoms with Gasteiger partial charge in [-0.1, -0.05) is 23.4 Å². The van der Waals surface area contributed by atoms with E-state index < -0.39 is 0 Å². The Morgan fingerprint density at radius 2 is 2.42 bits per heavy atom. The topological polar surface area (TPSA) is 74.5 Å². The lowest BCUT2D eigenvalue weighted by Gasteiger charge is -1.96. The highest BCUT2D eigenvalue weighted by atomic mass is 35.5. The summed E-state index contributed by atoms with van der Waals surface area (Å²) in [6.45, 7) is 0. The van der Waals surface area contributed by atoms with Crippen LogP contribution in [0.2, 0.25) is 5.15 Å². The average molecular weight is 202 g/mol. The summed E-state index contributed by atoms with van der Waals surface area (Å²) in [6.07, 6.45) is 1.81. The molecule has 0 atom stereocenters. The first-order valence-corrected chi connectivity index (χ1v) is 4.50. The Hall–Kier alpha value is -0.970. The van der Waals surface area contributed by atoms with E-state index in [2.05, 4.69) is 20.0 Å². The van der Waals surface area contributed by atoms with Gasteiger partial charge in [-0.25, -0.2) is 9.97 Å². The molecular weight excluding hydrogens is 198 g/mol. The number of halogens is 1. The Bertz CT molecular complexity index is 335. The Kier molecular flexibility index (Phi) is 3.16. The summed E-state index contributed by atoms with van der Waals surface area (Å²) in [6, 6.07) is 1.40. The zero-order valence-electron chi connectivity index (χ0n) is 6.10. The molecule has 0 aliphatic rings. The molecular formula is C5H4ClN5S. The molecule has 0 unspecified atom stereocenters. The maximum atomic E-state index is 8.12. The highest BCUT2D eigenvalue weighted by Crippen LogP contribution is 2.18. The van der Waals surface area contributed by atoms with E-state index in [4.69, 9.17) is 17.1 Å². The lowest BCUT2D eigenvalue weighted by atomic mass is 10.6. The summed E-state index contributed by atoms with van der Waals surface area (Å²) in [4.78, 5) is 10.3. The minimum absolute atomic E-state index is 0.238. The number of hydrogen-bond donors (Lipinski definition) is 0. The lowest BCUT2D eigenvalue weighted by molar-refractivity contribution is 0.966. The van der Waals surface area contributed by atoms with E-state index in [1.165, 1.54) is 17.8 Å². The van der Waals surface area contributed by atoms with Crippen molar-refractivity contribution in [3.05, 3.63) is 21.7 Å². The first kappa shape index (κ1) is 9.12. The van der Waals surface area contributed by atoms with Gasteiger partial charge < -0.3 is 0 Å². The number of rotatable bonds is 2. The van der Waals surface area contributed by atoms with Crippen molar-refractivity contribution in [2.24, 2.45) is 5.11 Å². The summed E-state index contributed by atoms with van der Waals surface area (Å²) in [5.74, 6) is 0.238. The number of azide groups is 1. The van der Waals surface area contributed by atoms with E-state index in [1.54, 1.807) is 0 Å². The number of hydrogen-bond acceptors (Lipinski definition) is 4. The van der Waals surface area contributed by atoms with Crippen LogP contribution in [0.15, 0.2) is 16.3 Å². The average Bonchev–Trinajstić information content (AvgIpc) is 2.04. The number of aromatic nitrogens is 2. The van der Waals surface area contributed by atoms with Crippen LogP contribution >= 0.6 is 23.4 Å². The maximum absolute atomic E-state index is 8.12. The van der Waals surface area contributed by atoms with E-state index in [-0.39, 0.29) is 11.0 Å². The predicted octanol–water partition coefficient (Wildman–Crippen LogP) is 2.79. The predicted molar refractivity (Wildman–Crippen MR) is 47.6 cm³/mol. The van der Waals surface area contributed by atoms with Crippen LogP contribution in [-0.4, -0.2) is 16.2 Å². The monoisotopic (exact) mass is 201 g/mol. The second-order valence-corrected chi connectivity index (χ2v) is 2.89. The summed E-state index contributed by atoms with van der Waals surface area (Å²) >= 11 is 6.95. The fraction of sp³-hybridized carbons (Fsp3) is 0.200. The van der Waals surface area contributed by atoms with Gasteiger partial charge in [-0.15, -0.1) is 0 Å². The Balaban J connectivity index is 3.14. The third kappa shape index (κ3) is 2.27. The standard InChI is InChI=1S/C5H4ClN5S/c1-12-5-8-3(6)2-4(9-5)10-11-7/h2H,1H3. The van der Waals surface area contributed by atoms with Gasteiger partial charge in [0.25, 0.3) is 0 Å². The molecule has 0 aliphatic carbocycles. The largest absolute Gasteiger partial charge is 0.221 e. The Morgan fingerprint density at radius 1 is 1.67 bits per heavy atom. The summed E-state index contributed by atoms with van der Waals surface area (Å²) in [5.41, 5.74) is 8.12. The molecule has 1 rings (SSSR count). The molecule has 0 saturated carbocycles. The van der Waals surface area contributed by atoms with E-state index in [1.807, 2.05) is 6.26 Å². The van der Waals surface area contributed by atoms with E-state index in [0.29, 0.717) is 5.16 Å². The highest BCUT2D eigenvalue weighted by molar-refractivity contribution is 7.98. The SMILES string of the molecule is CSc1nc(Cl)cc(N=[N+]=[N-])n1. The molecule has 12 heavy (non-hydrogen) atoms. The first-order chi connectivity index (χ1) is 5.76. The van der Waals surface area contributed by atoms with Gasteiger partial charge in [0.05, 0.1) is 0 Å². The third-order valence-electron chi connectivity index (χ3n) is 0.991. The van der Waals surface area contributed by atoms with Crippen molar-refractivity contribution in [1.29, 1.82) is 0 Å². The van der Waals surface area contributed by atoms with Crippen molar-refractivity contribution >= 4 is 29.2 Å². The van der Waals surface area contributed by atoms with Crippen LogP contribution in [0.4, 0.5) is 5.82 Å². The van der Waals surface area contributed by atoms with Crippen molar-refractivity contribution in [2.75, 3.05) is 6.26 Å². The van der Waals surface area contributed by atoms with Gasteiger partial charge in [0.2, 0.25) is 0 Å². The molecule has 1 aromatic rings. The van der Waals surface area contributed by atoms with Gasteiger partial charge >= 0.3 is 0 Å². The van der Waals surface area contributed by atoms with Crippen molar-refractivity contribution in [1.82, 2.24) is 9.97 Å². The van der Waals surface area contributed by atoms with Gasteiger partial charge in [0.1, 0.15) is 11.0 Å². The van der Waals surface area contributed by atoms with Crippen molar-refractivity contribution in [2.45, 2.75) is 5.16 Å². The molecule has 0 spiro atoms. The van der Waals surface area contributed by atoms with Gasteiger partial charge in [0.15, 0.2) is 5.16 Å². The fourth-order valence-electron chi connectivity index (χ4n) is 0.574. The normalized spacial score (nSPS) is 9.17. The minimum Gasteiger partial charge on any atom is -0.221 e. The van der Waals surface area contributed by atoms with Gasteiger partial charge in [-0.05, 0) is 16.9 Å². The molecule has 0 fully saturated rings. The van der Waals surface area contributed by atoms with E-state index >= 15 is 0 Å². The maximum Gasteiger partial charge on any atom is 0.189 e. The van der Waals surface area contributed by atoms with Crippen LogP contribution < -0.4 is 0 Å². The molecule has 0 aliphatic heterocycles. The molecule has 0 saturated heterocycles. The van der Waals surface area contributed by atoms with Crippen LogP contribution in [0.5, 0.6) is 0 Å². The van der Waals surface area contributed by atoms with Crippen LogP contribution in [0.3, 0.4) is 0 Å². The molecule has 0 N–H and O–H groups in total. The summed E-state index contributed by atoms with van der Waals surface area (Å²) in [7, 11) is 0. The first-order valence-electron chi connectivity index (χ1n) is 2.90. The van der Waals surface area contributed by atoms with Gasteiger partial charge in [0, 0.05) is 11.0 Å². The zero-order chi connectivity index (χ0) is 8.97. The smallest absolute Gasteiger partial charge is 0.189 e. The number of nitrogens with zero attached hydrogens (tertiary/aromatic N) is 5. The quantitative estimate of drug-likeness (QED) is 0.184. The second kappa shape index (κ2) is 4.15. The van der Waals surface area contributed by atoms with Crippen LogP contribution in [-0.2, 0) is 0 Å². The molecule has 0 amide bonds. The van der Waals surface area contributed by atoms with Crippen LogP contribution in [0.1, 0.15) is 0 Å². The summed E-state index contributed by atoms with van der Waals surface area (Å²) in [5, 5.41) is 4.07. The van der Waals surface area contributed by atoms with Crippen molar-refractivity contribution in [3.8, 4) is 0 Å². The summed E-state index contributed by atoms with van der Waals surface area (Å²) < 4.78 is 0. The van der Waals surface area contributed by atoms with Gasteiger partial charge in [-0.2, -0.15) is 0 Å². The zero-order valence-corrected chi connectivity index (χ0v) is 7.67. The van der Waals surface area contributed by atoms with Crippen LogP contribution in [0, 0.1) is 0 Å². The van der Waals surface area contributed by atoms with E-state index in [0.717, 1.165) is 0 Å². The van der Waals surface area contributed by atoms with Crippen LogP contribution in [0.25, 0.3) is 10.4 Å². The minimum atomic E-state index is 0.238. The highest BCUT2D eigenvalue weighted by Gasteiger charge is 1.99. The molecule has 0 radical (unpaired) electrons. The van der Waals surface area contributed by atoms with Crippen molar-refractivity contribution < 1.29 is 0 Å². The molecule has 0 bridgehead atoms. The molecule has 1 aromatic heterocycles. The van der Waals surface area contributed by atoms with Crippen molar-refractivity contribution in [3.63, 3.8) is 0 Å². The fourth-order valence-corrected chi connectivity index (χ4v) is 1.18. The molecule has 1 heterocycles.